The second-order valence-electron chi connectivity index (χ2n) is 4.21. The molecule has 1 aromatic heterocycles. The summed E-state index contributed by atoms with van der Waals surface area (Å²) in [6, 6.07) is 4.78. The number of fused-ring (bicyclic) bond motifs is 1. The third kappa shape index (κ3) is 2.05. The Hall–Kier alpha value is -2.37. The zero-order valence-electron chi connectivity index (χ0n) is 11.0. The van der Waals surface area contributed by atoms with Crippen molar-refractivity contribution in [2.24, 2.45) is 7.05 Å². The van der Waals surface area contributed by atoms with E-state index in [4.69, 9.17) is 4.74 Å². The molecule has 2 rings (SSSR count). The highest BCUT2D eigenvalue weighted by atomic mass is 16.6. The van der Waals surface area contributed by atoms with Crippen LogP contribution in [0, 0.1) is 17.0 Å². The number of ether oxygens (including phenoxy) is 1. The van der Waals surface area contributed by atoms with Crippen molar-refractivity contribution in [1.29, 1.82) is 0 Å². The molecule has 1 aromatic carbocycles. The van der Waals surface area contributed by atoms with Crippen molar-refractivity contribution in [3.63, 3.8) is 0 Å². The molecule has 0 spiro atoms. The second-order valence-corrected chi connectivity index (χ2v) is 4.21. The maximum absolute atomic E-state index is 11.8. The van der Waals surface area contributed by atoms with Gasteiger partial charge in [-0.05, 0) is 26.0 Å². The molecular formula is C13H14N2O4. The largest absolute Gasteiger partial charge is 0.461 e. The number of nitrogens with zero attached hydrogens (tertiary/aromatic N) is 2. The summed E-state index contributed by atoms with van der Waals surface area (Å²) in [5, 5.41) is 11.7. The number of hydrogen-bond acceptors (Lipinski definition) is 4. The Bertz CT molecular complexity index is 673. The third-order valence-electron chi connectivity index (χ3n) is 3.10. The maximum Gasteiger partial charge on any atom is 0.354 e. The predicted molar refractivity (Wildman–Crippen MR) is 70.3 cm³/mol. The summed E-state index contributed by atoms with van der Waals surface area (Å²) >= 11 is 0. The van der Waals surface area contributed by atoms with Crippen LogP contribution in [-0.4, -0.2) is 22.1 Å². The second kappa shape index (κ2) is 4.72. The van der Waals surface area contributed by atoms with E-state index in [-0.39, 0.29) is 5.69 Å². The Kier molecular flexibility index (Phi) is 3.25. The van der Waals surface area contributed by atoms with Gasteiger partial charge in [0, 0.05) is 18.5 Å². The van der Waals surface area contributed by atoms with Gasteiger partial charge in [-0.25, -0.2) is 4.79 Å². The highest BCUT2D eigenvalue weighted by molar-refractivity contribution is 5.97. The van der Waals surface area contributed by atoms with Crippen molar-refractivity contribution in [2.75, 3.05) is 6.61 Å². The number of aryl methyl sites for hydroxylation is 2. The number of hydrogen-bond donors (Lipinski definition) is 0. The monoisotopic (exact) mass is 262 g/mol. The van der Waals surface area contributed by atoms with Gasteiger partial charge in [0.1, 0.15) is 5.69 Å². The zero-order chi connectivity index (χ0) is 14.2. The van der Waals surface area contributed by atoms with Crippen molar-refractivity contribution in [2.45, 2.75) is 13.8 Å². The number of carbonyl (C=O) groups excluding carboxylic acids is 1. The highest BCUT2D eigenvalue weighted by Gasteiger charge is 2.20. The quantitative estimate of drug-likeness (QED) is 0.484. The molecule has 19 heavy (non-hydrogen) atoms. The SMILES string of the molecule is CCOC(=O)c1cc2ccc([N+](=O)[O-])c(C)c2n1C. The van der Waals surface area contributed by atoms with Gasteiger partial charge in [-0.3, -0.25) is 10.1 Å². The molecule has 1 heterocycles. The van der Waals surface area contributed by atoms with E-state index in [1.165, 1.54) is 6.07 Å². The lowest BCUT2D eigenvalue weighted by molar-refractivity contribution is -0.385. The van der Waals surface area contributed by atoms with Crippen molar-refractivity contribution in [3.8, 4) is 0 Å². The molecule has 0 amide bonds. The molecule has 0 fully saturated rings. The first-order valence-electron chi connectivity index (χ1n) is 5.88. The van der Waals surface area contributed by atoms with Crippen LogP contribution in [0.1, 0.15) is 23.0 Å². The number of benzene rings is 1. The first kappa shape index (κ1) is 13.1. The predicted octanol–water partition coefficient (Wildman–Crippen LogP) is 2.57. The van der Waals surface area contributed by atoms with E-state index in [2.05, 4.69) is 0 Å². The third-order valence-corrected chi connectivity index (χ3v) is 3.10. The van der Waals surface area contributed by atoms with Gasteiger partial charge in [0.05, 0.1) is 22.6 Å². The molecule has 0 aliphatic rings. The summed E-state index contributed by atoms with van der Waals surface area (Å²) in [5.41, 5.74) is 1.65. The van der Waals surface area contributed by atoms with Gasteiger partial charge in [0.25, 0.3) is 5.69 Å². The molecule has 0 aliphatic heterocycles. The molecule has 0 bridgehead atoms. The molecule has 0 atom stereocenters. The summed E-state index contributed by atoms with van der Waals surface area (Å²) in [6.45, 7) is 3.70. The van der Waals surface area contributed by atoms with Crippen LogP contribution >= 0.6 is 0 Å². The molecule has 0 N–H and O–H groups in total. The van der Waals surface area contributed by atoms with E-state index in [9.17, 15) is 14.9 Å². The van der Waals surface area contributed by atoms with Crippen LogP contribution in [0.25, 0.3) is 10.9 Å². The van der Waals surface area contributed by atoms with E-state index in [1.54, 1.807) is 37.6 Å². The summed E-state index contributed by atoms with van der Waals surface area (Å²) < 4.78 is 6.60. The first-order valence-corrected chi connectivity index (χ1v) is 5.88. The van der Waals surface area contributed by atoms with E-state index >= 15 is 0 Å². The topological polar surface area (TPSA) is 74.4 Å². The van der Waals surface area contributed by atoms with E-state index in [0.29, 0.717) is 23.4 Å². The Morgan fingerprint density at radius 3 is 2.74 bits per heavy atom. The van der Waals surface area contributed by atoms with E-state index in [0.717, 1.165) is 5.39 Å². The summed E-state index contributed by atoms with van der Waals surface area (Å²) in [5.74, 6) is -0.428. The Balaban J connectivity index is 2.68. The van der Waals surface area contributed by atoms with Crippen LogP contribution in [0.3, 0.4) is 0 Å². The van der Waals surface area contributed by atoms with Gasteiger partial charge in [0.2, 0.25) is 0 Å². The molecular weight excluding hydrogens is 248 g/mol. The van der Waals surface area contributed by atoms with Gasteiger partial charge in [-0.2, -0.15) is 0 Å². The van der Waals surface area contributed by atoms with Gasteiger partial charge in [0.15, 0.2) is 0 Å². The van der Waals surface area contributed by atoms with Crippen molar-refractivity contribution >= 4 is 22.6 Å². The molecule has 0 radical (unpaired) electrons. The van der Waals surface area contributed by atoms with Crippen LogP contribution in [0.15, 0.2) is 18.2 Å². The Morgan fingerprint density at radius 2 is 2.16 bits per heavy atom. The average molecular weight is 262 g/mol. The normalized spacial score (nSPS) is 10.7. The van der Waals surface area contributed by atoms with Crippen LogP contribution in [0.4, 0.5) is 5.69 Å². The van der Waals surface area contributed by atoms with Gasteiger partial charge < -0.3 is 9.30 Å². The minimum Gasteiger partial charge on any atom is -0.461 e. The molecule has 6 heteroatoms. The summed E-state index contributed by atoms with van der Waals surface area (Å²) in [7, 11) is 1.70. The molecule has 0 unspecified atom stereocenters. The average Bonchev–Trinajstić information content (AvgIpc) is 2.68. The van der Waals surface area contributed by atoms with Crippen LogP contribution in [0.2, 0.25) is 0 Å². The van der Waals surface area contributed by atoms with Crippen molar-refractivity contribution in [3.05, 3.63) is 39.6 Å². The smallest absolute Gasteiger partial charge is 0.354 e. The fourth-order valence-electron chi connectivity index (χ4n) is 2.24. The minimum absolute atomic E-state index is 0.0455. The number of carbonyl (C=O) groups is 1. The van der Waals surface area contributed by atoms with Crippen molar-refractivity contribution < 1.29 is 14.5 Å². The molecule has 100 valence electrons. The number of esters is 1. The van der Waals surface area contributed by atoms with Gasteiger partial charge in [-0.15, -0.1) is 0 Å². The minimum atomic E-state index is -0.428. The first-order chi connectivity index (χ1) is 8.97. The number of rotatable bonds is 3. The fraction of sp³-hybridized carbons (Fsp3) is 0.308. The van der Waals surface area contributed by atoms with Crippen molar-refractivity contribution in [1.82, 2.24) is 4.57 Å². The van der Waals surface area contributed by atoms with Crippen LogP contribution in [0.5, 0.6) is 0 Å². The molecule has 0 saturated carbocycles. The molecule has 2 aromatic rings. The van der Waals surface area contributed by atoms with Crippen LogP contribution in [-0.2, 0) is 11.8 Å². The standard InChI is InChI=1S/C13H14N2O4/c1-4-19-13(16)11-7-9-5-6-10(15(17)18)8(2)12(9)14(11)3/h5-7H,4H2,1-3H3. The number of nitro groups is 1. The molecule has 0 aliphatic carbocycles. The summed E-state index contributed by atoms with van der Waals surface area (Å²) in [4.78, 5) is 22.3. The number of aromatic nitrogens is 1. The fourth-order valence-corrected chi connectivity index (χ4v) is 2.24. The highest BCUT2D eigenvalue weighted by Crippen LogP contribution is 2.29. The Labute approximate surface area is 109 Å². The van der Waals surface area contributed by atoms with E-state index < -0.39 is 10.9 Å². The molecule has 0 saturated heterocycles. The van der Waals surface area contributed by atoms with E-state index in [1.807, 2.05) is 0 Å². The van der Waals surface area contributed by atoms with Gasteiger partial charge >= 0.3 is 5.97 Å². The lowest BCUT2D eigenvalue weighted by Gasteiger charge is -2.05. The Morgan fingerprint density at radius 1 is 1.47 bits per heavy atom. The molecule has 6 nitrogen and oxygen atoms in total. The maximum atomic E-state index is 11.8. The summed E-state index contributed by atoms with van der Waals surface area (Å²) in [6.07, 6.45) is 0. The number of nitro benzene ring substituents is 1. The lowest BCUT2D eigenvalue weighted by Crippen LogP contribution is -2.09. The van der Waals surface area contributed by atoms with Crippen LogP contribution < -0.4 is 0 Å². The lowest BCUT2D eigenvalue weighted by atomic mass is 10.1. The van der Waals surface area contributed by atoms with Gasteiger partial charge in [-0.1, -0.05) is 0 Å². The zero-order valence-corrected chi connectivity index (χ0v) is 11.0.